The van der Waals surface area contributed by atoms with Crippen LogP contribution in [0.2, 0.25) is 0 Å². The van der Waals surface area contributed by atoms with Gasteiger partial charge in [-0.05, 0) is 51.5 Å². The number of fused-ring (bicyclic) bond motifs is 1. The first kappa shape index (κ1) is 25.6. The second kappa shape index (κ2) is 10.6. The number of anilines is 1. The van der Waals surface area contributed by atoms with E-state index >= 15 is 0 Å². The van der Waals surface area contributed by atoms with E-state index in [2.05, 4.69) is 15.3 Å². The summed E-state index contributed by atoms with van der Waals surface area (Å²) >= 11 is 0.942. The first-order valence-corrected chi connectivity index (χ1v) is 12.3. The van der Waals surface area contributed by atoms with E-state index in [1.165, 1.54) is 6.92 Å². The lowest BCUT2D eigenvalue weighted by atomic mass is 10.1. The maximum atomic E-state index is 12.8. The molecule has 2 heterocycles. The Bertz CT molecular complexity index is 1550. The number of amides is 1. The molecule has 0 fully saturated rings. The number of hydrogen-bond acceptors (Lipinski definition) is 8. The summed E-state index contributed by atoms with van der Waals surface area (Å²) in [5, 5.41) is 12.3. The van der Waals surface area contributed by atoms with E-state index in [0.29, 0.717) is 22.4 Å². The highest BCUT2D eigenvalue weighted by atomic mass is 32.1. The van der Waals surface area contributed by atoms with Gasteiger partial charge in [-0.15, -0.1) is 11.3 Å². The molecule has 2 aromatic heterocycles. The number of thiophene rings is 1. The molecule has 0 radical (unpaired) electrons. The molecule has 1 atom stereocenters. The van der Waals surface area contributed by atoms with Crippen molar-refractivity contribution in [2.45, 2.75) is 33.8 Å². The highest BCUT2D eigenvalue weighted by molar-refractivity contribution is 7.18. The summed E-state index contributed by atoms with van der Waals surface area (Å²) < 4.78 is 10.4. The Kier molecular flexibility index (Phi) is 7.36. The SMILES string of the molecule is CCOC(=O)c1sc(NC(=O)C(C)OC(=O)c2ccc3nc(-c4ccc(C)cc4)[nH]c3c2)c(C#N)c1C. The first-order valence-electron chi connectivity index (χ1n) is 11.5. The summed E-state index contributed by atoms with van der Waals surface area (Å²) in [7, 11) is 0. The Balaban J connectivity index is 1.47. The largest absolute Gasteiger partial charge is 0.462 e. The van der Waals surface area contributed by atoms with Crippen molar-refractivity contribution in [3.05, 3.63) is 69.6 Å². The number of aromatic nitrogens is 2. The number of nitrogens with zero attached hydrogens (tertiary/aromatic N) is 2. The van der Waals surface area contributed by atoms with Gasteiger partial charge in [0, 0.05) is 5.56 Å². The van der Waals surface area contributed by atoms with Crippen LogP contribution in [0, 0.1) is 25.2 Å². The predicted octanol–water partition coefficient (Wildman–Crippen LogP) is 5.14. The Labute approximate surface area is 217 Å². The van der Waals surface area contributed by atoms with Gasteiger partial charge in [0.05, 0.1) is 28.8 Å². The zero-order chi connectivity index (χ0) is 26.7. The number of aryl methyl sites for hydroxylation is 1. The van der Waals surface area contributed by atoms with E-state index in [-0.39, 0.29) is 27.6 Å². The van der Waals surface area contributed by atoms with Gasteiger partial charge in [-0.25, -0.2) is 14.6 Å². The third-order valence-corrected chi connectivity index (χ3v) is 6.84. The molecular formula is C27H24N4O5S. The van der Waals surface area contributed by atoms with Crippen molar-refractivity contribution in [2.24, 2.45) is 0 Å². The Hall–Kier alpha value is -4.49. The number of rotatable bonds is 7. The van der Waals surface area contributed by atoms with Gasteiger partial charge < -0.3 is 19.8 Å². The van der Waals surface area contributed by atoms with Gasteiger partial charge in [0.1, 0.15) is 21.8 Å². The van der Waals surface area contributed by atoms with E-state index in [1.54, 1.807) is 32.0 Å². The lowest BCUT2D eigenvalue weighted by Crippen LogP contribution is -2.30. The number of carbonyl (C=O) groups is 3. The maximum absolute atomic E-state index is 12.8. The number of nitrogens with one attached hydrogen (secondary N) is 2. The molecule has 2 N–H and O–H groups in total. The van der Waals surface area contributed by atoms with Crippen LogP contribution >= 0.6 is 11.3 Å². The molecule has 0 saturated carbocycles. The zero-order valence-electron chi connectivity index (χ0n) is 20.7. The quantitative estimate of drug-likeness (QED) is 0.325. The van der Waals surface area contributed by atoms with E-state index < -0.39 is 23.9 Å². The molecule has 4 aromatic rings. The van der Waals surface area contributed by atoms with Gasteiger partial charge in [0.25, 0.3) is 5.91 Å². The number of carbonyl (C=O) groups excluding carboxylic acids is 3. The lowest BCUT2D eigenvalue weighted by molar-refractivity contribution is -0.123. The molecule has 0 aliphatic heterocycles. The summed E-state index contributed by atoms with van der Waals surface area (Å²) in [4.78, 5) is 45.7. The highest BCUT2D eigenvalue weighted by Gasteiger charge is 2.25. The van der Waals surface area contributed by atoms with E-state index in [9.17, 15) is 19.6 Å². The van der Waals surface area contributed by atoms with Crippen molar-refractivity contribution in [2.75, 3.05) is 11.9 Å². The van der Waals surface area contributed by atoms with Crippen molar-refractivity contribution in [3.8, 4) is 17.5 Å². The van der Waals surface area contributed by atoms with Crippen molar-refractivity contribution in [1.29, 1.82) is 5.26 Å². The molecule has 9 nitrogen and oxygen atoms in total. The number of H-pyrrole nitrogens is 1. The van der Waals surface area contributed by atoms with Gasteiger partial charge >= 0.3 is 11.9 Å². The monoisotopic (exact) mass is 516 g/mol. The summed E-state index contributed by atoms with van der Waals surface area (Å²) in [6, 6.07) is 14.8. The molecular weight excluding hydrogens is 492 g/mol. The minimum atomic E-state index is -1.16. The van der Waals surface area contributed by atoms with Crippen molar-refractivity contribution in [3.63, 3.8) is 0 Å². The molecule has 0 saturated heterocycles. The number of hydrogen-bond donors (Lipinski definition) is 2. The maximum Gasteiger partial charge on any atom is 0.348 e. The summed E-state index contributed by atoms with van der Waals surface area (Å²) in [6.45, 7) is 6.90. The molecule has 2 aromatic carbocycles. The fraction of sp³-hybridized carbons (Fsp3) is 0.222. The fourth-order valence-electron chi connectivity index (χ4n) is 3.61. The van der Waals surface area contributed by atoms with Crippen LogP contribution in [0.15, 0.2) is 42.5 Å². The molecule has 4 rings (SSSR count). The average molecular weight is 517 g/mol. The third-order valence-electron chi connectivity index (χ3n) is 5.65. The molecule has 10 heteroatoms. The van der Waals surface area contributed by atoms with Crippen LogP contribution in [0.1, 0.15) is 50.6 Å². The second-order valence-corrected chi connectivity index (χ2v) is 9.33. The van der Waals surface area contributed by atoms with Crippen molar-refractivity contribution < 1.29 is 23.9 Å². The first-order chi connectivity index (χ1) is 17.7. The van der Waals surface area contributed by atoms with Gasteiger partial charge in [-0.2, -0.15) is 5.26 Å². The fourth-order valence-corrected chi connectivity index (χ4v) is 4.66. The normalized spacial score (nSPS) is 11.5. The Morgan fingerprint density at radius 2 is 1.86 bits per heavy atom. The number of nitriles is 1. The van der Waals surface area contributed by atoms with Crippen LogP contribution in [-0.4, -0.2) is 40.5 Å². The van der Waals surface area contributed by atoms with Crippen molar-refractivity contribution in [1.82, 2.24) is 9.97 Å². The van der Waals surface area contributed by atoms with Gasteiger partial charge in [-0.3, -0.25) is 4.79 Å². The minimum Gasteiger partial charge on any atom is -0.462 e. The number of esters is 2. The van der Waals surface area contributed by atoms with Crippen LogP contribution in [0.5, 0.6) is 0 Å². The summed E-state index contributed by atoms with van der Waals surface area (Å²) in [5.41, 5.74) is 4.23. The zero-order valence-corrected chi connectivity index (χ0v) is 21.5. The Morgan fingerprint density at radius 1 is 1.14 bits per heavy atom. The lowest BCUT2D eigenvalue weighted by Gasteiger charge is -2.13. The van der Waals surface area contributed by atoms with Gasteiger partial charge in [0.15, 0.2) is 6.10 Å². The van der Waals surface area contributed by atoms with Crippen LogP contribution in [-0.2, 0) is 14.3 Å². The molecule has 1 unspecified atom stereocenters. The molecule has 37 heavy (non-hydrogen) atoms. The highest BCUT2D eigenvalue weighted by Crippen LogP contribution is 2.33. The standard InChI is InChI=1S/C27H24N4O5S/c1-5-35-27(34)22-15(3)19(13-28)25(37-22)31-24(32)16(4)36-26(33)18-10-11-20-21(12-18)30-23(29-20)17-8-6-14(2)7-9-17/h6-12,16H,5H2,1-4H3,(H,29,30)(H,31,32). The molecule has 0 spiro atoms. The van der Waals surface area contributed by atoms with Crippen LogP contribution < -0.4 is 5.32 Å². The predicted molar refractivity (Wildman–Crippen MR) is 140 cm³/mol. The van der Waals surface area contributed by atoms with Gasteiger partial charge in [-0.1, -0.05) is 29.8 Å². The third kappa shape index (κ3) is 5.37. The smallest absolute Gasteiger partial charge is 0.348 e. The molecule has 188 valence electrons. The van der Waals surface area contributed by atoms with E-state index in [0.717, 1.165) is 22.5 Å². The van der Waals surface area contributed by atoms with Crippen LogP contribution in [0.3, 0.4) is 0 Å². The number of benzene rings is 2. The molecule has 0 bridgehead atoms. The average Bonchev–Trinajstić information content (AvgIpc) is 3.44. The minimum absolute atomic E-state index is 0.161. The number of aromatic amines is 1. The molecule has 0 aliphatic rings. The van der Waals surface area contributed by atoms with Crippen LogP contribution in [0.25, 0.3) is 22.4 Å². The van der Waals surface area contributed by atoms with Crippen LogP contribution in [0.4, 0.5) is 5.00 Å². The summed E-state index contributed by atoms with van der Waals surface area (Å²) in [6.07, 6.45) is -1.16. The number of ether oxygens (including phenoxy) is 2. The van der Waals surface area contributed by atoms with E-state index in [1.807, 2.05) is 37.3 Å². The topological polar surface area (TPSA) is 134 Å². The molecule has 1 amide bonds. The van der Waals surface area contributed by atoms with E-state index in [4.69, 9.17) is 9.47 Å². The Morgan fingerprint density at radius 3 is 2.54 bits per heavy atom. The van der Waals surface area contributed by atoms with Gasteiger partial charge in [0.2, 0.25) is 0 Å². The second-order valence-electron chi connectivity index (χ2n) is 8.31. The molecule has 0 aliphatic carbocycles. The van der Waals surface area contributed by atoms with Crippen molar-refractivity contribution >= 4 is 45.2 Å². The summed E-state index contributed by atoms with van der Waals surface area (Å²) in [5.74, 6) is -1.21. The number of imidazole rings is 1.